The number of benzene rings is 1. The van der Waals surface area contributed by atoms with E-state index in [2.05, 4.69) is 14.8 Å². The van der Waals surface area contributed by atoms with Crippen molar-refractivity contribution in [1.82, 2.24) is 24.1 Å². The van der Waals surface area contributed by atoms with E-state index >= 15 is 0 Å². The van der Waals surface area contributed by atoms with E-state index in [1.165, 1.54) is 23.1 Å². The standard InChI is InChI=1S/C23H27ClF3N5O2S/c1-4-6-11-35(34)30-22(5-2,14-7-10-16(17(24)12-14)23(25,26)27)20-18-19(29-31(20)3)21(33)32(13-28-18)15-8-9-15/h7,10,12-13,15,30H,4-6,8-9,11H2,1-3H3. The van der Waals surface area contributed by atoms with E-state index in [-0.39, 0.29) is 23.5 Å². The van der Waals surface area contributed by atoms with Crippen LogP contribution in [-0.4, -0.2) is 29.3 Å². The van der Waals surface area contributed by atoms with Crippen LogP contribution in [-0.2, 0) is 29.7 Å². The topological polar surface area (TPSA) is 81.8 Å². The lowest BCUT2D eigenvalue weighted by Crippen LogP contribution is -2.46. The second kappa shape index (κ2) is 9.67. The van der Waals surface area contributed by atoms with E-state index in [1.807, 2.05) is 13.8 Å². The largest absolute Gasteiger partial charge is 0.417 e. The van der Waals surface area contributed by atoms with Crippen molar-refractivity contribution in [3.05, 3.63) is 56.7 Å². The van der Waals surface area contributed by atoms with Gasteiger partial charge in [0.25, 0.3) is 5.56 Å². The molecular weight excluding hydrogens is 503 g/mol. The van der Waals surface area contributed by atoms with Gasteiger partial charge in [-0.3, -0.25) is 14.0 Å². The summed E-state index contributed by atoms with van der Waals surface area (Å²) in [7, 11) is 0.114. The van der Waals surface area contributed by atoms with Gasteiger partial charge in [-0.2, -0.15) is 18.3 Å². The Bertz CT molecular complexity index is 1340. The van der Waals surface area contributed by atoms with Crippen LogP contribution in [0.4, 0.5) is 13.2 Å². The maximum Gasteiger partial charge on any atom is 0.417 e. The van der Waals surface area contributed by atoms with E-state index in [0.717, 1.165) is 25.3 Å². The van der Waals surface area contributed by atoms with Crippen molar-refractivity contribution in [1.29, 1.82) is 0 Å². The first kappa shape index (κ1) is 25.8. The zero-order chi connectivity index (χ0) is 25.5. The molecule has 0 spiro atoms. The number of nitrogens with zero attached hydrogens (tertiary/aromatic N) is 4. The molecule has 1 aromatic carbocycles. The van der Waals surface area contributed by atoms with Gasteiger partial charge in [-0.05, 0) is 43.4 Å². The first-order valence-electron chi connectivity index (χ1n) is 11.5. The van der Waals surface area contributed by atoms with Gasteiger partial charge in [-0.15, -0.1) is 0 Å². The molecule has 35 heavy (non-hydrogen) atoms. The Morgan fingerprint density at radius 1 is 1.23 bits per heavy atom. The fourth-order valence-electron chi connectivity index (χ4n) is 4.38. The third kappa shape index (κ3) is 4.77. The third-order valence-corrected chi connectivity index (χ3v) is 7.93. The number of fused-ring (bicyclic) bond motifs is 1. The highest BCUT2D eigenvalue weighted by atomic mass is 35.5. The van der Waals surface area contributed by atoms with Crippen molar-refractivity contribution in [2.75, 3.05) is 5.75 Å². The maximum atomic E-state index is 13.4. The lowest BCUT2D eigenvalue weighted by atomic mass is 9.84. The van der Waals surface area contributed by atoms with Crippen LogP contribution in [0, 0.1) is 0 Å². The number of aryl methyl sites for hydroxylation is 1. The van der Waals surface area contributed by atoms with Crippen molar-refractivity contribution in [2.24, 2.45) is 7.05 Å². The summed E-state index contributed by atoms with van der Waals surface area (Å²) in [5.41, 5.74) is -1.21. The molecular formula is C23H27ClF3N5O2S. The van der Waals surface area contributed by atoms with Crippen LogP contribution in [0.5, 0.6) is 0 Å². The van der Waals surface area contributed by atoms with Gasteiger partial charge >= 0.3 is 6.18 Å². The Kier molecular flexibility index (Phi) is 7.14. The fraction of sp³-hybridized carbons (Fsp3) is 0.522. The van der Waals surface area contributed by atoms with Crippen LogP contribution >= 0.6 is 11.6 Å². The number of rotatable bonds is 9. The van der Waals surface area contributed by atoms with Crippen LogP contribution in [0.2, 0.25) is 5.02 Å². The Labute approximate surface area is 208 Å². The summed E-state index contributed by atoms with van der Waals surface area (Å²) < 4.78 is 59.5. The van der Waals surface area contributed by atoms with Gasteiger partial charge in [0.15, 0.2) is 5.52 Å². The molecule has 1 aliphatic rings. The molecule has 190 valence electrons. The summed E-state index contributed by atoms with van der Waals surface area (Å²) >= 11 is 6.09. The molecule has 3 aromatic rings. The minimum Gasteiger partial charge on any atom is -0.294 e. The predicted octanol–water partition coefficient (Wildman–Crippen LogP) is 4.84. The quantitative estimate of drug-likeness (QED) is 0.430. The van der Waals surface area contributed by atoms with E-state index < -0.39 is 33.3 Å². The molecule has 1 saturated carbocycles. The Balaban J connectivity index is 1.95. The molecule has 2 heterocycles. The minimum absolute atomic E-state index is 0.106. The van der Waals surface area contributed by atoms with Crippen LogP contribution < -0.4 is 10.3 Å². The molecule has 2 unspecified atom stereocenters. The van der Waals surface area contributed by atoms with Gasteiger partial charge in [0.05, 0.1) is 39.1 Å². The van der Waals surface area contributed by atoms with E-state index in [1.54, 1.807) is 11.6 Å². The molecule has 2 aromatic heterocycles. The maximum absolute atomic E-state index is 13.4. The zero-order valence-corrected chi connectivity index (χ0v) is 21.2. The summed E-state index contributed by atoms with van der Waals surface area (Å²) in [6.07, 6.45) is 0.480. The molecule has 0 aliphatic heterocycles. The van der Waals surface area contributed by atoms with Gasteiger partial charge in [0.1, 0.15) is 5.52 Å². The molecule has 0 amide bonds. The van der Waals surface area contributed by atoms with Gasteiger partial charge in [-0.1, -0.05) is 37.9 Å². The van der Waals surface area contributed by atoms with Gasteiger partial charge in [-0.25, -0.2) is 13.9 Å². The predicted molar refractivity (Wildman–Crippen MR) is 130 cm³/mol. The molecule has 1 aliphatic carbocycles. The molecule has 12 heteroatoms. The summed E-state index contributed by atoms with van der Waals surface area (Å²) in [4.78, 5) is 17.7. The SMILES string of the molecule is CCCCS(=O)NC(CC)(c1ccc(C(F)(F)F)c(Cl)c1)c1c2ncn(C3CC3)c(=O)c2nn1C. The number of halogens is 4. The monoisotopic (exact) mass is 529 g/mol. The van der Waals surface area contributed by atoms with Gasteiger partial charge in [0.2, 0.25) is 0 Å². The third-order valence-electron chi connectivity index (χ3n) is 6.38. The smallest absolute Gasteiger partial charge is 0.294 e. The first-order valence-corrected chi connectivity index (χ1v) is 13.2. The molecule has 0 bridgehead atoms. The summed E-state index contributed by atoms with van der Waals surface area (Å²) in [5, 5.41) is 3.97. The van der Waals surface area contributed by atoms with Gasteiger partial charge < -0.3 is 0 Å². The van der Waals surface area contributed by atoms with Crippen LogP contribution in [0.1, 0.15) is 68.8 Å². The number of nitrogens with one attached hydrogen (secondary N) is 1. The molecule has 7 nitrogen and oxygen atoms in total. The number of alkyl halides is 3. The Morgan fingerprint density at radius 2 is 1.94 bits per heavy atom. The van der Waals surface area contributed by atoms with Crippen molar-refractivity contribution in [2.45, 2.75) is 63.7 Å². The summed E-state index contributed by atoms with van der Waals surface area (Å²) in [5.74, 6) is 0.352. The Morgan fingerprint density at radius 3 is 2.51 bits per heavy atom. The number of aromatic nitrogens is 4. The lowest BCUT2D eigenvalue weighted by molar-refractivity contribution is -0.137. The van der Waals surface area contributed by atoms with Crippen molar-refractivity contribution < 1.29 is 17.4 Å². The van der Waals surface area contributed by atoms with Crippen LogP contribution in [0.15, 0.2) is 29.3 Å². The molecule has 0 radical (unpaired) electrons. The Hall–Kier alpha value is -2.24. The number of hydrogen-bond donors (Lipinski definition) is 1. The molecule has 1 N–H and O–H groups in total. The second-order valence-corrected chi connectivity index (χ2v) is 10.5. The highest BCUT2D eigenvalue weighted by molar-refractivity contribution is 7.83. The number of unbranched alkanes of at least 4 members (excludes halogenated alkanes) is 1. The highest BCUT2D eigenvalue weighted by Gasteiger charge is 2.42. The molecule has 0 saturated heterocycles. The average molecular weight is 530 g/mol. The molecule has 1 fully saturated rings. The highest BCUT2D eigenvalue weighted by Crippen LogP contribution is 2.41. The first-order chi connectivity index (χ1) is 16.5. The normalized spacial score (nSPS) is 17.0. The molecule has 4 rings (SSSR count). The summed E-state index contributed by atoms with van der Waals surface area (Å²) in [6.45, 7) is 3.79. The number of hydrogen-bond acceptors (Lipinski definition) is 4. The zero-order valence-electron chi connectivity index (χ0n) is 19.7. The van der Waals surface area contributed by atoms with Crippen molar-refractivity contribution >= 4 is 33.6 Å². The van der Waals surface area contributed by atoms with Crippen LogP contribution in [0.3, 0.4) is 0 Å². The lowest BCUT2D eigenvalue weighted by Gasteiger charge is -2.34. The van der Waals surface area contributed by atoms with E-state index in [0.29, 0.717) is 28.9 Å². The van der Waals surface area contributed by atoms with Crippen LogP contribution in [0.25, 0.3) is 11.0 Å². The van der Waals surface area contributed by atoms with E-state index in [4.69, 9.17) is 11.6 Å². The fourth-order valence-corrected chi connectivity index (χ4v) is 6.07. The minimum atomic E-state index is -4.61. The molecule has 2 atom stereocenters. The van der Waals surface area contributed by atoms with Crippen molar-refractivity contribution in [3.63, 3.8) is 0 Å². The summed E-state index contributed by atoms with van der Waals surface area (Å²) in [6, 6.07) is 3.59. The average Bonchev–Trinajstić information content (AvgIpc) is 3.57. The van der Waals surface area contributed by atoms with E-state index in [9.17, 15) is 22.2 Å². The van der Waals surface area contributed by atoms with Gasteiger partial charge in [0, 0.05) is 18.8 Å². The van der Waals surface area contributed by atoms with Crippen molar-refractivity contribution in [3.8, 4) is 0 Å². The second-order valence-electron chi connectivity index (χ2n) is 8.81.